The predicted octanol–water partition coefficient (Wildman–Crippen LogP) is 2.08. The van der Waals surface area contributed by atoms with E-state index in [0.29, 0.717) is 17.3 Å². The Hall–Kier alpha value is -3.59. The minimum atomic E-state index is -0.675. The molecule has 0 radical (unpaired) electrons. The van der Waals surface area contributed by atoms with Crippen LogP contribution in [0.5, 0.6) is 0 Å². The number of aromatic amines is 1. The number of rotatable bonds is 5. The van der Waals surface area contributed by atoms with Crippen LogP contribution in [0.4, 0.5) is 5.69 Å². The quantitative estimate of drug-likeness (QED) is 0.489. The molecule has 28 heavy (non-hydrogen) atoms. The van der Waals surface area contributed by atoms with Crippen molar-refractivity contribution in [3.05, 3.63) is 59.7 Å². The molecule has 9 nitrogen and oxygen atoms in total. The Morgan fingerprint density at radius 2 is 2.04 bits per heavy atom. The second-order valence-corrected chi connectivity index (χ2v) is 6.56. The topological polar surface area (TPSA) is 122 Å². The number of hydrogen-bond donors (Lipinski definition) is 3. The number of H-pyrrole nitrogens is 1. The van der Waals surface area contributed by atoms with E-state index in [1.807, 2.05) is 31.2 Å². The van der Waals surface area contributed by atoms with E-state index in [4.69, 9.17) is 0 Å². The van der Waals surface area contributed by atoms with Gasteiger partial charge in [-0.1, -0.05) is 12.1 Å². The third kappa shape index (κ3) is 3.60. The molecular formula is C19H19N7O2. The number of amides is 1. The largest absolute Gasteiger partial charge is 0.385 e. The van der Waals surface area contributed by atoms with E-state index >= 15 is 0 Å². The molecule has 0 aliphatic heterocycles. The van der Waals surface area contributed by atoms with E-state index < -0.39 is 6.10 Å². The van der Waals surface area contributed by atoms with Crippen LogP contribution in [0.2, 0.25) is 0 Å². The smallest absolute Gasteiger partial charge is 0.228 e. The van der Waals surface area contributed by atoms with Crippen LogP contribution in [-0.2, 0) is 11.2 Å². The lowest BCUT2D eigenvalue weighted by atomic mass is 10.1. The van der Waals surface area contributed by atoms with Gasteiger partial charge in [-0.05, 0) is 60.2 Å². The van der Waals surface area contributed by atoms with Crippen molar-refractivity contribution < 1.29 is 9.90 Å². The molecule has 2 aromatic carbocycles. The summed E-state index contributed by atoms with van der Waals surface area (Å²) in [4.78, 5) is 19.7. The molecule has 9 heteroatoms. The SMILES string of the molecule is Cc1nnnn1-c1ccc(CC(=O)Nc2ccc3nc(C(C)O)[nH]c3c2)cc1. The van der Waals surface area contributed by atoms with Gasteiger partial charge in [0.1, 0.15) is 11.9 Å². The van der Waals surface area contributed by atoms with Crippen molar-refractivity contribution in [3.63, 3.8) is 0 Å². The van der Waals surface area contributed by atoms with Crippen molar-refractivity contribution >= 4 is 22.6 Å². The van der Waals surface area contributed by atoms with Crippen molar-refractivity contribution in [1.29, 1.82) is 0 Å². The normalized spacial score (nSPS) is 12.2. The Labute approximate surface area is 160 Å². The number of tetrazole rings is 1. The molecule has 0 bridgehead atoms. The average molecular weight is 377 g/mol. The molecule has 1 atom stereocenters. The minimum Gasteiger partial charge on any atom is -0.385 e. The number of hydrogen-bond acceptors (Lipinski definition) is 6. The Kier molecular flexibility index (Phi) is 4.58. The molecule has 0 saturated carbocycles. The van der Waals surface area contributed by atoms with E-state index in [-0.39, 0.29) is 12.3 Å². The number of nitrogens with zero attached hydrogens (tertiary/aromatic N) is 5. The van der Waals surface area contributed by atoms with Gasteiger partial charge in [-0.15, -0.1) is 5.10 Å². The zero-order valence-corrected chi connectivity index (χ0v) is 15.4. The molecule has 0 saturated heterocycles. The van der Waals surface area contributed by atoms with Crippen LogP contribution in [0, 0.1) is 6.92 Å². The van der Waals surface area contributed by atoms with Gasteiger partial charge in [-0.3, -0.25) is 4.79 Å². The molecule has 1 amide bonds. The fourth-order valence-electron chi connectivity index (χ4n) is 2.92. The van der Waals surface area contributed by atoms with E-state index in [1.165, 1.54) is 0 Å². The van der Waals surface area contributed by atoms with Crippen LogP contribution < -0.4 is 5.32 Å². The number of nitrogens with one attached hydrogen (secondary N) is 2. The number of aliphatic hydroxyl groups is 1. The molecular weight excluding hydrogens is 358 g/mol. The Bertz CT molecular complexity index is 1130. The summed E-state index contributed by atoms with van der Waals surface area (Å²) < 4.78 is 1.63. The van der Waals surface area contributed by atoms with E-state index in [1.54, 1.807) is 29.8 Å². The van der Waals surface area contributed by atoms with Gasteiger partial charge in [0.15, 0.2) is 5.82 Å². The predicted molar refractivity (Wildman–Crippen MR) is 103 cm³/mol. The van der Waals surface area contributed by atoms with Gasteiger partial charge in [0, 0.05) is 5.69 Å². The van der Waals surface area contributed by atoms with Gasteiger partial charge >= 0.3 is 0 Å². The lowest BCUT2D eigenvalue weighted by Crippen LogP contribution is -2.14. The van der Waals surface area contributed by atoms with Crippen LogP contribution in [-0.4, -0.2) is 41.2 Å². The summed E-state index contributed by atoms with van der Waals surface area (Å²) in [6.45, 7) is 3.47. The van der Waals surface area contributed by atoms with Crippen LogP contribution >= 0.6 is 0 Å². The Morgan fingerprint density at radius 1 is 1.25 bits per heavy atom. The van der Waals surface area contributed by atoms with Gasteiger partial charge in [0.25, 0.3) is 0 Å². The summed E-state index contributed by atoms with van der Waals surface area (Å²) in [6, 6.07) is 12.9. The first kappa shape index (κ1) is 17.8. The highest BCUT2D eigenvalue weighted by atomic mass is 16.3. The Balaban J connectivity index is 1.44. The van der Waals surface area contributed by atoms with Crippen LogP contribution in [0.3, 0.4) is 0 Å². The average Bonchev–Trinajstić information content (AvgIpc) is 3.28. The zero-order chi connectivity index (χ0) is 19.7. The second-order valence-electron chi connectivity index (χ2n) is 6.56. The van der Waals surface area contributed by atoms with Gasteiger partial charge in [0.2, 0.25) is 5.91 Å². The lowest BCUT2D eigenvalue weighted by Gasteiger charge is -2.07. The minimum absolute atomic E-state index is 0.124. The first-order valence-electron chi connectivity index (χ1n) is 8.81. The molecule has 142 valence electrons. The third-order valence-corrected chi connectivity index (χ3v) is 4.35. The van der Waals surface area contributed by atoms with Crippen LogP contribution in [0.1, 0.15) is 30.2 Å². The fourth-order valence-corrected chi connectivity index (χ4v) is 2.92. The standard InChI is InChI=1S/C19H19N7O2/c1-11(27)19-21-16-8-5-14(10-17(16)22-19)20-18(28)9-13-3-6-15(7-4-13)26-12(2)23-24-25-26/h3-8,10-11,27H,9H2,1-2H3,(H,20,28)(H,21,22). The van der Waals surface area contributed by atoms with Crippen molar-refractivity contribution in [2.45, 2.75) is 26.4 Å². The molecule has 2 heterocycles. The number of benzene rings is 2. The summed E-state index contributed by atoms with van der Waals surface area (Å²) in [5, 5.41) is 23.9. The van der Waals surface area contributed by atoms with Gasteiger partial charge in [-0.2, -0.15) is 4.68 Å². The van der Waals surface area contributed by atoms with E-state index in [9.17, 15) is 9.90 Å². The summed E-state index contributed by atoms with van der Waals surface area (Å²) in [5.41, 5.74) is 3.88. The van der Waals surface area contributed by atoms with E-state index in [0.717, 1.165) is 22.3 Å². The first-order valence-corrected chi connectivity index (χ1v) is 8.81. The molecule has 2 aromatic heterocycles. The maximum Gasteiger partial charge on any atom is 0.228 e. The van der Waals surface area contributed by atoms with Crippen LogP contribution in [0.15, 0.2) is 42.5 Å². The monoisotopic (exact) mass is 377 g/mol. The molecule has 4 aromatic rings. The number of fused-ring (bicyclic) bond motifs is 1. The van der Waals surface area contributed by atoms with Crippen LogP contribution in [0.25, 0.3) is 16.7 Å². The van der Waals surface area contributed by atoms with Crippen molar-refractivity contribution in [3.8, 4) is 5.69 Å². The maximum atomic E-state index is 12.4. The van der Waals surface area contributed by atoms with Gasteiger partial charge < -0.3 is 15.4 Å². The number of aromatic nitrogens is 6. The van der Waals surface area contributed by atoms with E-state index in [2.05, 4.69) is 30.8 Å². The number of anilines is 1. The molecule has 0 aliphatic rings. The maximum absolute atomic E-state index is 12.4. The van der Waals surface area contributed by atoms with Crippen molar-refractivity contribution in [2.24, 2.45) is 0 Å². The molecule has 4 rings (SSSR count). The van der Waals surface area contributed by atoms with Crippen molar-refractivity contribution in [2.75, 3.05) is 5.32 Å². The number of aliphatic hydroxyl groups excluding tert-OH is 1. The highest BCUT2D eigenvalue weighted by molar-refractivity contribution is 5.94. The molecule has 0 aliphatic carbocycles. The summed E-state index contributed by atoms with van der Waals surface area (Å²) in [7, 11) is 0. The third-order valence-electron chi connectivity index (χ3n) is 4.35. The molecule has 0 fully saturated rings. The second kappa shape index (κ2) is 7.20. The highest BCUT2D eigenvalue weighted by Gasteiger charge is 2.10. The zero-order valence-electron chi connectivity index (χ0n) is 15.4. The summed E-state index contributed by atoms with van der Waals surface area (Å²) >= 11 is 0. The number of carbonyl (C=O) groups is 1. The van der Waals surface area contributed by atoms with Crippen molar-refractivity contribution in [1.82, 2.24) is 30.2 Å². The molecule has 1 unspecified atom stereocenters. The van der Waals surface area contributed by atoms with Gasteiger partial charge in [0.05, 0.1) is 23.1 Å². The molecule has 3 N–H and O–H groups in total. The summed E-state index contributed by atoms with van der Waals surface area (Å²) in [6.07, 6.45) is -0.431. The lowest BCUT2D eigenvalue weighted by molar-refractivity contribution is -0.115. The fraction of sp³-hybridized carbons (Fsp3) is 0.211. The number of aryl methyl sites for hydroxylation is 1. The summed E-state index contributed by atoms with van der Waals surface area (Å²) in [5.74, 6) is 1.07. The van der Waals surface area contributed by atoms with Gasteiger partial charge in [-0.25, -0.2) is 4.98 Å². The molecule has 0 spiro atoms. The number of imidazole rings is 1. The number of carbonyl (C=O) groups excluding carboxylic acids is 1. The Morgan fingerprint density at radius 3 is 2.71 bits per heavy atom. The first-order chi connectivity index (χ1) is 13.5. The highest BCUT2D eigenvalue weighted by Crippen LogP contribution is 2.20.